The second kappa shape index (κ2) is 7.65. The molecule has 0 radical (unpaired) electrons. The SMILES string of the molecule is CN(C)C(=O)[n+]1cccc(CCc2ccccc2)c1.[Cl-]. The number of aryl methyl sites for hydroxylation is 2. The number of hydrogen-bond donors (Lipinski definition) is 0. The fourth-order valence-corrected chi connectivity index (χ4v) is 1.96. The molecule has 4 heteroatoms. The number of halogens is 1. The molecule has 0 aliphatic rings. The Morgan fingerprint density at radius 2 is 1.60 bits per heavy atom. The lowest BCUT2D eigenvalue weighted by Crippen LogP contribution is -3.00. The summed E-state index contributed by atoms with van der Waals surface area (Å²) >= 11 is 0. The molecule has 20 heavy (non-hydrogen) atoms. The first-order chi connectivity index (χ1) is 9.16. The van der Waals surface area contributed by atoms with Gasteiger partial charge in [0, 0.05) is 0 Å². The molecule has 0 spiro atoms. The lowest BCUT2D eigenvalue weighted by Gasteiger charge is -2.05. The summed E-state index contributed by atoms with van der Waals surface area (Å²) in [6.07, 6.45) is 5.62. The molecular weight excluding hydrogens is 272 g/mol. The van der Waals surface area contributed by atoms with E-state index in [0.29, 0.717) is 0 Å². The summed E-state index contributed by atoms with van der Waals surface area (Å²) in [6, 6.07) is 14.3. The van der Waals surface area contributed by atoms with Crippen LogP contribution in [-0.2, 0) is 12.8 Å². The summed E-state index contributed by atoms with van der Waals surface area (Å²) in [7, 11) is 3.51. The van der Waals surface area contributed by atoms with E-state index in [9.17, 15) is 4.79 Å². The molecular formula is C16H19ClN2O. The number of nitrogens with zero attached hydrogens (tertiary/aromatic N) is 2. The molecule has 1 heterocycles. The van der Waals surface area contributed by atoms with Crippen molar-refractivity contribution in [1.29, 1.82) is 0 Å². The fraction of sp³-hybridized carbons (Fsp3) is 0.250. The summed E-state index contributed by atoms with van der Waals surface area (Å²) in [5, 5.41) is 0. The minimum absolute atomic E-state index is 0. The molecule has 0 saturated heterocycles. The van der Waals surface area contributed by atoms with Gasteiger partial charge in [0.25, 0.3) is 0 Å². The van der Waals surface area contributed by atoms with Crippen molar-refractivity contribution in [3.63, 3.8) is 0 Å². The first-order valence-corrected chi connectivity index (χ1v) is 6.42. The van der Waals surface area contributed by atoms with Gasteiger partial charge in [0.1, 0.15) is 6.20 Å². The van der Waals surface area contributed by atoms with Crippen LogP contribution in [-0.4, -0.2) is 25.0 Å². The van der Waals surface area contributed by atoms with Gasteiger partial charge in [0.2, 0.25) is 0 Å². The maximum absolute atomic E-state index is 11.9. The Morgan fingerprint density at radius 3 is 2.25 bits per heavy atom. The Bertz CT molecular complexity index is 555. The molecule has 1 aromatic carbocycles. The van der Waals surface area contributed by atoms with Gasteiger partial charge in [-0.15, -0.1) is 0 Å². The minimum atomic E-state index is -0.0263. The Labute approximate surface area is 126 Å². The van der Waals surface area contributed by atoms with Crippen LogP contribution >= 0.6 is 0 Å². The molecule has 0 N–H and O–H groups in total. The topological polar surface area (TPSA) is 24.2 Å². The van der Waals surface area contributed by atoms with E-state index in [2.05, 4.69) is 30.3 Å². The quantitative estimate of drug-likeness (QED) is 0.686. The highest BCUT2D eigenvalue weighted by atomic mass is 35.5. The van der Waals surface area contributed by atoms with Crippen LogP contribution in [0, 0.1) is 0 Å². The summed E-state index contributed by atoms with van der Waals surface area (Å²) in [6.45, 7) is 0. The number of carbonyl (C=O) groups is 1. The number of benzene rings is 1. The van der Waals surface area contributed by atoms with Crippen molar-refractivity contribution in [3.05, 3.63) is 66.0 Å². The molecule has 0 unspecified atom stereocenters. The average Bonchev–Trinajstić information content (AvgIpc) is 2.45. The van der Waals surface area contributed by atoms with E-state index < -0.39 is 0 Å². The van der Waals surface area contributed by atoms with E-state index in [4.69, 9.17) is 0 Å². The van der Waals surface area contributed by atoms with E-state index in [0.717, 1.165) is 12.8 Å². The zero-order valence-corrected chi connectivity index (χ0v) is 12.5. The van der Waals surface area contributed by atoms with Crippen molar-refractivity contribution in [3.8, 4) is 0 Å². The van der Waals surface area contributed by atoms with Gasteiger partial charge in [-0.3, -0.25) is 0 Å². The van der Waals surface area contributed by atoms with Gasteiger partial charge >= 0.3 is 6.03 Å². The Morgan fingerprint density at radius 1 is 1.00 bits per heavy atom. The van der Waals surface area contributed by atoms with Crippen molar-refractivity contribution >= 4 is 6.03 Å². The normalized spacial score (nSPS) is 9.70. The number of aromatic nitrogens is 1. The van der Waals surface area contributed by atoms with Crippen molar-refractivity contribution in [2.45, 2.75) is 12.8 Å². The lowest BCUT2D eigenvalue weighted by atomic mass is 10.1. The molecule has 2 rings (SSSR count). The number of hydrogen-bond acceptors (Lipinski definition) is 1. The molecule has 0 aliphatic carbocycles. The zero-order valence-electron chi connectivity index (χ0n) is 11.8. The van der Waals surface area contributed by atoms with Gasteiger partial charge in [-0.25, -0.2) is 4.90 Å². The predicted octanol–water partition coefficient (Wildman–Crippen LogP) is -0.707. The van der Waals surface area contributed by atoms with Crippen molar-refractivity contribution in [2.24, 2.45) is 0 Å². The largest absolute Gasteiger partial charge is 1.00 e. The Balaban J connectivity index is 0.00000200. The molecule has 0 aliphatic heterocycles. The van der Waals surface area contributed by atoms with Crippen LogP contribution in [0.15, 0.2) is 54.9 Å². The molecule has 0 bridgehead atoms. The summed E-state index contributed by atoms with van der Waals surface area (Å²) in [4.78, 5) is 13.4. The fourth-order valence-electron chi connectivity index (χ4n) is 1.96. The van der Waals surface area contributed by atoms with Crippen LogP contribution < -0.4 is 17.0 Å². The molecule has 0 saturated carbocycles. The first-order valence-electron chi connectivity index (χ1n) is 6.42. The van der Waals surface area contributed by atoms with Crippen LogP contribution in [0.25, 0.3) is 0 Å². The first kappa shape index (κ1) is 16.2. The maximum Gasteiger partial charge on any atom is 0.497 e. The van der Waals surface area contributed by atoms with Gasteiger partial charge in [-0.1, -0.05) is 36.4 Å². The smallest absolute Gasteiger partial charge is 0.497 e. The third-order valence-corrected chi connectivity index (χ3v) is 3.01. The van der Waals surface area contributed by atoms with Crippen LogP contribution in [0.3, 0.4) is 0 Å². The monoisotopic (exact) mass is 290 g/mol. The number of amides is 1. The van der Waals surface area contributed by atoms with E-state index >= 15 is 0 Å². The highest BCUT2D eigenvalue weighted by molar-refractivity contribution is 5.63. The number of carbonyl (C=O) groups excluding carboxylic acids is 1. The van der Waals surface area contributed by atoms with Crippen LogP contribution in [0.2, 0.25) is 0 Å². The summed E-state index contributed by atoms with van der Waals surface area (Å²) < 4.78 is 1.63. The highest BCUT2D eigenvalue weighted by Gasteiger charge is 2.15. The second-order valence-corrected chi connectivity index (χ2v) is 4.78. The number of pyridine rings is 1. The van der Waals surface area contributed by atoms with Crippen LogP contribution in [0.1, 0.15) is 11.1 Å². The molecule has 0 fully saturated rings. The minimum Gasteiger partial charge on any atom is -1.00 e. The van der Waals surface area contributed by atoms with Gasteiger partial charge in [-0.2, -0.15) is 9.36 Å². The van der Waals surface area contributed by atoms with E-state index in [1.807, 2.05) is 18.3 Å². The molecule has 1 aromatic heterocycles. The highest BCUT2D eigenvalue weighted by Crippen LogP contribution is 2.05. The van der Waals surface area contributed by atoms with Crippen molar-refractivity contribution < 1.29 is 21.8 Å². The van der Waals surface area contributed by atoms with E-state index in [1.54, 1.807) is 29.8 Å². The molecule has 0 atom stereocenters. The Hall–Kier alpha value is -1.87. The summed E-state index contributed by atoms with van der Waals surface area (Å²) in [5.74, 6) is 0. The van der Waals surface area contributed by atoms with E-state index in [1.165, 1.54) is 11.1 Å². The molecule has 1 amide bonds. The summed E-state index contributed by atoms with van der Waals surface area (Å²) in [5.41, 5.74) is 2.48. The van der Waals surface area contributed by atoms with Gasteiger partial charge in [0.05, 0.1) is 20.3 Å². The molecule has 2 aromatic rings. The van der Waals surface area contributed by atoms with Gasteiger partial charge in [-0.05, 0) is 30.0 Å². The maximum atomic E-state index is 11.9. The molecule has 106 valence electrons. The van der Waals surface area contributed by atoms with Crippen LogP contribution in [0.5, 0.6) is 0 Å². The Kier molecular flexibility index (Phi) is 6.19. The van der Waals surface area contributed by atoms with Gasteiger partial charge in [0.15, 0.2) is 0 Å². The van der Waals surface area contributed by atoms with Gasteiger partial charge < -0.3 is 12.4 Å². The lowest BCUT2D eigenvalue weighted by molar-refractivity contribution is -0.578. The zero-order chi connectivity index (χ0) is 13.7. The number of rotatable bonds is 3. The van der Waals surface area contributed by atoms with Crippen LogP contribution in [0.4, 0.5) is 4.79 Å². The molecule has 3 nitrogen and oxygen atoms in total. The van der Waals surface area contributed by atoms with Crippen molar-refractivity contribution in [1.82, 2.24) is 4.90 Å². The average molecular weight is 291 g/mol. The predicted molar refractivity (Wildman–Crippen MR) is 75.0 cm³/mol. The third kappa shape index (κ3) is 4.35. The van der Waals surface area contributed by atoms with Crippen molar-refractivity contribution in [2.75, 3.05) is 14.1 Å². The van der Waals surface area contributed by atoms with E-state index in [-0.39, 0.29) is 18.4 Å². The standard InChI is InChI=1S/C16H19N2O.ClH/c1-17(2)16(19)18-12-6-9-15(13-18)11-10-14-7-4-3-5-8-14;/h3-9,12-13H,10-11H2,1-2H3;1H/q+1;/p-1. The second-order valence-electron chi connectivity index (χ2n) is 4.78. The third-order valence-electron chi connectivity index (χ3n) is 3.01.